The summed E-state index contributed by atoms with van der Waals surface area (Å²) in [6.45, 7) is 4.74. The minimum Gasteiger partial charge on any atom is -0.270 e. The van der Waals surface area contributed by atoms with Crippen molar-refractivity contribution in [2.45, 2.75) is 90.9 Å². The van der Waals surface area contributed by atoms with E-state index in [2.05, 4.69) is 13.8 Å². The van der Waals surface area contributed by atoms with Gasteiger partial charge in [0, 0.05) is 0 Å². The third-order valence-electron chi connectivity index (χ3n) is 3.51. The van der Waals surface area contributed by atoms with Gasteiger partial charge in [0.2, 0.25) is 0 Å². The lowest BCUT2D eigenvalue weighted by molar-refractivity contribution is 0.305. The molecule has 0 unspecified atom stereocenters. The molecule has 0 aliphatic rings. The molecule has 0 aromatic heterocycles. The molecule has 0 aliphatic carbocycles. The van der Waals surface area contributed by atoms with Crippen molar-refractivity contribution in [3.8, 4) is 0 Å². The van der Waals surface area contributed by atoms with Crippen molar-refractivity contribution in [2.24, 2.45) is 0 Å². The Labute approximate surface area is 126 Å². The molecule has 0 saturated heterocycles. The number of rotatable bonds is 15. The van der Waals surface area contributed by atoms with Crippen LogP contribution in [0.5, 0.6) is 0 Å². The second kappa shape index (κ2) is 13.9. The number of hydrogen-bond acceptors (Lipinski definition) is 3. The van der Waals surface area contributed by atoms with E-state index < -0.39 is 10.1 Å². The maximum atomic E-state index is 11.6. The zero-order valence-electron chi connectivity index (χ0n) is 13.5. The van der Waals surface area contributed by atoms with Gasteiger partial charge in [-0.25, -0.2) is 0 Å². The molecule has 0 atom stereocenters. The zero-order chi connectivity index (χ0) is 15.1. The largest absolute Gasteiger partial charge is 0.270 e. The molecule has 0 N–H and O–H groups in total. The van der Waals surface area contributed by atoms with E-state index in [0.717, 1.165) is 32.1 Å². The lowest BCUT2D eigenvalue weighted by atomic mass is 10.1. The Kier molecular flexibility index (Phi) is 13.8. The van der Waals surface area contributed by atoms with Gasteiger partial charge in [-0.15, -0.1) is 0 Å². The standard InChI is InChI=1S/C16H34O3S/c1-3-5-7-9-11-13-15-19-20(17,18)16-14-12-10-8-6-4-2/h3-16H2,1-2H3. The minimum atomic E-state index is -3.27. The van der Waals surface area contributed by atoms with Gasteiger partial charge in [-0.2, -0.15) is 8.42 Å². The molecule has 20 heavy (non-hydrogen) atoms. The van der Waals surface area contributed by atoms with Crippen LogP contribution in [0.25, 0.3) is 0 Å². The molecule has 4 heteroatoms. The summed E-state index contributed by atoms with van der Waals surface area (Å²) >= 11 is 0. The second-order valence-corrected chi connectivity index (χ2v) is 7.38. The van der Waals surface area contributed by atoms with E-state index in [-0.39, 0.29) is 5.75 Å². The van der Waals surface area contributed by atoms with Gasteiger partial charge in [-0.05, 0) is 12.8 Å². The summed E-state index contributed by atoms with van der Waals surface area (Å²) in [6.07, 6.45) is 13.5. The lowest BCUT2D eigenvalue weighted by Crippen LogP contribution is -2.11. The molecule has 0 radical (unpaired) electrons. The van der Waals surface area contributed by atoms with E-state index in [1.165, 1.54) is 44.9 Å². The van der Waals surface area contributed by atoms with E-state index in [1.807, 2.05) is 0 Å². The van der Waals surface area contributed by atoms with Crippen molar-refractivity contribution in [3.63, 3.8) is 0 Å². The van der Waals surface area contributed by atoms with E-state index in [4.69, 9.17) is 4.18 Å². The fraction of sp³-hybridized carbons (Fsp3) is 1.00. The van der Waals surface area contributed by atoms with Gasteiger partial charge in [0.1, 0.15) is 0 Å². The van der Waals surface area contributed by atoms with E-state index in [0.29, 0.717) is 6.61 Å². The molecule has 0 heterocycles. The van der Waals surface area contributed by atoms with Crippen LogP contribution < -0.4 is 0 Å². The molecule has 0 spiro atoms. The first-order valence-corrected chi connectivity index (χ1v) is 10.1. The topological polar surface area (TPSA) is 43.4 Å². The Bertz CT molecular complexity index is 286. The van der Waals surface area contributed by atoms with Gasteiger partial charge in [0.05, 0.1) is 12.4 Å². The van der Waals surface area contributed by atoms with Crippen molar-refractivity contribution in [1.29, 1.82) is 0 Å². The van der Waals surface area contributed by atoms with Crippen molar-refractivity contribution in [3.05, 3.63) is 0 Å². The average molecular weight is 307 g/mol. The maximum Gasteiger partial charge on any atom is 0.267 e. The molecule has 0 aromatic rings. The van der Waals surface area contributed by atoms with Gasteiger partial charge in [0.25, 0.3) is 10.1 Å². The molecule has 0 bridgehead atoms. The fourth-order valence-corrected chi connectivity index (χ4v) is 3.23. The van der Waals surface area contributed by atoms with Gasteiger partial charge < -0.3 is 0 Å². The SMILES string of the molecule is CCCCCCCCOS(=O)(=O)CCCCCCCC. The Balaban J connectivity index is 3.41. The third-order valence-corrected chi connectivity index (χ3v) is 4.82. The predicted molar refractivity (Wildman–Crippen MR) is 86.5 cm³/mol. The van der Waals surface area contributed by atoms with Crippen LogP contribution in [-0.4, -0.2) is 20.8 Å². The normalized spacial score (nSPS) is 11.9. The Morgan fingerprint density at radius 3 is 1.65 bits per heavy atom. The highest BCUT2D eigenvalue weighted by atomic mass is 32.2. The Morgan fingerprint density at radius 1 is 0.650 bits per heavy atom. The maximum absolute atomic E-state index is 11.6. The molecular weight excluding hydrogens is 272 g/mol. The lowest BCUT2D eigenvalue weighted by Gasteiger charge is -2.05. The van der Waals surface area contributed by atoms with Crippen LogP contribution in [0.15, 0.2) is 0 Å². The third kappa shape index (κ3) is 14.3. The van der Waals surface area contributed by atoms with Crippen LogP contribution >= 0.6 is 0 Å². The molecule has 0 saturated carbocycles. The summed E-state index contributed by atoms with van der Waals surface area (Å²) in [6, 6.07) is 0. The first-order valence-electron chi connectivity index (χ1n) is 8.49. The summed E-state index contributed by atoms with van der Waals surface area (Å²) < 4.78 is 28.3. The van der Waals surface area contributed by atoms with Crippen LogP contribution in [0.1, 0.15) is 90.9 Å². The molecule has 0 fully saturated rings. The van der Waals surface area contributed by atoms with Crippen LogP contribution in [0.4, 0.5) is 0 Å². The average Bonchev–Trinajstić information content (AvgIpc) is 2.41. The monoisotopic (exact) mass is 306 g/mol. The molecule has 0 amide bonds. The minimum absolute atomic E-state index is 0.189. The smallest absolute Gasteiger partial charge is 0.267 e. The van der Waals surface area contributed by atoms with Crippen molar-refractivity contribution in [1.82, 2.24) is 0 Å². The highest BCUT2D eigenvalue weighted by Crippen LogP contribution is 2.09. The van der Waals surface area contributed by atoms with Gasteiger partial charge in [0.15, 0.2) is 0 Å². The summed E-state index contributed by atoms with van der Waals surface area (Å²) in [5.41, 5.74) is 0. The van der Waals surface area contributed by atoms with Crippen molar-refractivity contribution >= 4 is 10.1 Å². The molecule has 122 valence electrons. The van der Waals surface area contributed by atoms with Crippen LogP contribution in [-0.2, 0) is 14.3 Å². The van der Waals surface area contributed by atoms with E-state index in [1.54, 1.807) is 0 Å². The van der Waals surface area contributed by atoms with Crippen molar-refractivity contribution in [2.75, 3.05) is 12.4 Å². The number of hydrogen-bond donors (Lipinski definition) is 0. The van der Waals surface area contributed by atoms with Crippen molar-refractivity contribution < 1.29 is 12.6 Å². The fourth-order valence-electron chi connectivity index (χ4n) is 2.19. The van der Waals surface area contributed by atoms with E-state index >= 15 is 0 Å². The van der Waals surface area contributed by atoms with Gasteiger partial charge in [-0.1, -0.05) is 78.1 Å². The Morgan fingerprint density at radius 2 is 1.10 bits per heavy atom. The molecular formula is C16H34O3S. The van der Waals surface area contributed by atoms with Crippen LogP contribution in [0.2, 0.25) is 0 Å². The molecule has 0 aliphatic heterocycles. The molecule has 3 nitrogen and oxygen atoms in total. The second-order valence-electron chi connectivity index (χ2n) is 5.62. The Hall–Kier alpha value is -0.0900. The highest BCUT2D eigenvalue weighted by Gasteiger charge is 2.10. The molecule has 0 aromatic carbocycles. The van der Waals surface area contributed by atoms with Gasteiger partial charge >= 0.3 is 0 Å². The highest BCUT2D eigenvalue weighted by molar-refractivity contribution is 7.86. The predicted octanol–water partition coefficient (Wildman–Crippen LogP) is 5.05. The summed E-state index contributed by atoms with van der Waals surface area (Å²) in [7, 11) is -3.27. The quantitative estimate of drug-likeness (QED) is 0.314. The number of unbranched alkanes of at least 4 members (excludes halogenated alkanes) is 10. The van der Waals surface area contributed by atoms with E-state index in [9.17, 15) is 8.42 Å². The summed E-state index contributed by atoms with van der Waals surface area (Å²) in [5, 5.41) is 0. The van der Waals surface area contributed by atoms with Gasteiger partial charge in [-0.3, -0.25) is 4.18 Å². The first kappa shape index (κ1) is 19.9. The van der Waals surface area contributed by atoms with Crippen LogP contribution in [0.3, 0.4) is 0 Å². The first-order chi connectivity index (χ1) is 9.62. The molecule has 0 rings (SSSR count). The summed E-state index contributed by atoms with van der Waals surface area (Å²) in [5.74, 6) is 0.189. The van der Waals surface area contributed by atoms with Crippen LogP contribution in [0, 0.1) is 0 Å². The summed E-state index contributed by atoms with van der Waals surface area (Å²) in [4.78, 5) is 0. The zero-order valence-corrected chi connectivity index (χ0v) is 14.3.